The van der Waals surface area contributed by atoms with Crippen molar-refractivity contribution in [2.24, 2.45) is 0 Å². The fourth-order valence-corrected chi connectivity index (χ4v) is 3.66. The zero-order valence-corrected chi connectivity index (χ0v) is 13.0. The smallest absolute Gasteiger partial charge is 0.326 e. The summed E-state index contributed by atoms with van der Waals surface area (Å²) in [6, 6.07) is -0.820. The molecule has 0 aromatic heterocycles. The molecule has 1 amide bonds. The number of nitrogens with zero attached hydrogens (tertiary/aromatic N) is 1. The van der Waals surface area contributed by atoms with E-state index in [2.05, 4.69) is 0 Å². The van der Waals surface area contributed by atoms with Crippen molar-refractivity contribution in [1.29, 1.82) is 0 Å². The second-order valence-corrected chi connectivity index (χ2v) is 7.01. The molecule has 8 heteroatoms. The Morgan fingerprint density at radius 2 is 1.90 bits per heavy atom. The molecule has 0 aromatic carbocycles. The van der Waals surface area contributed by atoms with Crippen molar-refractivity contribution in [2.75, 3.05) is 12.3 Å². The monoisotopic (exact) mass is 319 g/mol. The van der Waals surface area contributed by atoms with Gasteiger partial charge in [-0.05, 0) is 12.8 Å². The van der Waals surface area contributed by atoms with Crippen LogP contribution in [0.2, 0.25) is 0 Å². The summed E-state index contributed by atoms with van der Waals surface area (Å²) in [6.07, 6.45) is 1.07. The number of carboxylic acids is 1. The zero-order valence-electron chi connectivity index (χ0n) is 11.3. The Morgan fingerprint density at radius 3 is 2.40 bits per heavy atom. The van der Waals surface area contributed by atoms with Gasteiger partial charge in [-0.1, -0.05) is 23.5 Å². The highest BCUT2D eigenvalue weighted by atomic mass is 32.2. The molecule has 1 N–H and O–H groups in total. The van der Waals surface area contributed by atoms with Crippen LogP contribution in [0.15, 0.2) is 0 Å². The molecular weight excluding hydrogens is 302 g/mol. The Hall–Kier alpha value is -1.02. The number of carboxylic acid groups (broad SMARTS) is 1. The van der Waals surface area contributed by atoms with Crippen LogP contribution in [-0.2, 0) is 19.2 Å². The Bertz CT molecular complexity index is 426. The van der Waals surface area contributed by atoms with Gasteiger partial charge >= 0.3 is 5.97 Å². The number of likely N-dealkylation sites (tertiary alicyclic amines) is 1. The van der Waals surface area contributed by atoms with Crippen LogP contribution in [0.25, 0.3) is 0 Å². The van der Waals surface area contributed by atoms with Crippen molar-refractivity contribution in [2.45, 2.75) is 38.0 Å². The van der Waals surface area contributed by atoms with Crippen molar-refractivity contribution in [3.8, 4) is 0 Å². The lowest BCUT2D eigenvalue weighted by Crippen LogP contribution is -2.45. The van der Waals surface area contributed by atoms with E-state index < -0.39 is 17.3 Å². The van der Waals surface area contributed by atoms with Gasteiger partial charge in [0, 0.05) is 26.1 Å². The van der Waals surface area contributed by atoms with Crippen LogP contribution >= 0.6 is 23.5 Å². The Kier molecular flexibility index (Phi) is 6.54. The normalized spacial score (nSPS) is 19.7. The van der Waals surface area contributed by atoms with Gasteiger partial charge in [-0.15, -0.1) is 0 Å². The third kappa shape index (κ3) is 4.82. The average Bonchev–Trinajstić information content (AvgIpc) is 2.82. The summed E-state index contributed by atoms with van der Waals surface area (Å²) in [5.41, 5.74) is 0. The number of carbonyl (C=O) groups excluding carboxylic acids is 3. The zero-order chi connectivity index (χ0) is 15.3. The molecule has 0 saturated carbocycles. The number of rotatable bonds is 5. The van der Waals surface area contributed by atoms with Crippen molar-refractivity contribution >= 4 is 45.6 Å². The largest absolute Gasteiger partial charge is 0.480 e. The predicted molar refractivity (Wildman–Crippen MR) is 77.6 cm³/mol. The van der Waals surface area contributed by atoms with Crippen molar-refractivity contribution in [1.82, 2.24) is 4.90 Å². The first-order chi connectivity index (χ1) is 9.32. The van der Waals surface area contributed by atoms with Crippen molar-refractivity contribution < 1.29 is 24.3 Å². The number of amides is 1. The van der Waals surface area contributed by atoms with Gasteiger partial charge in [-0.3, -0.25) is 14.4 Å². The van der Waals surface area contributed by atoms with Crippen LogP contribution < -0.4 is 0 Å². The topological polar surface area (TPSA) is 91.8 Å². The molecule has 0 bridgehead atoms. The maximum Gasteiger partial charge on any atom is 0.326 e. The average molecular weight is 319 g/mol. The van der Waals surface area contributed by atoms with Crippen LogP contribution in [0.1, 0.15) is 26.7 Å². The number of carbonyl (C=O) groups is 4. The molecule has 1 aliphatic heterocycles. The molecule has 1 unspecified atom stereocenters. The highest BCUT2D eigenvalue weighted by Crippen LogP contribution is 2.25. The van der Waals surface area contributed by atoms with E-state index in [1.165, 1.54) is 18.7 Å². The number of aliphatic carboxylic acids is 1. The Balaban J connectivity index is 2.77. The van der Waals surface area contributed by atoms with Crippen LogP contribution in [0.3, 0.4) is 0 Å². The molecule has 20 heavy (non-hydrogen) atoms. The predicted octanol–water partition coefficient (Wildman–Crippen LogP) is 0.990. The third-order valence-corrected chi connectivity index (χ3v) is 4.94. The van der Waals surface area contributed by atoms with E-state index in [1.807, 2.05) is 0 Å². The van der Waals surface area contributed by atoms with Gasteiger partial charge in [0.25, 0.3) is 0 Å². The second-order valence-electron chi connectivity index (χ2n) is 4.43. The molecule has 112 valence electrons. The lowest BCUT2D eigenvalue weighted by atomic mass is 10.2. The SMILES string of the molecule is CC(=O)SCC(SC(C)=O)C(=O)N1CCC[C@H]1C(=O)O. The van der Waals surface area contributed by atoms with E-state index in [4.69, 9.17) is 5.11 Å². The molecule has 2 atom stereocenters. The summed E-state index contributed by atoms with van der Waals surface area (Å²) in [5.74, 6) is -1.22. The van der Waals surface area contributed by atoms with E-state index in [-0.39, 0.29) is 21.9 Å². The first kappa shape index (κ1) is 17.0. The van der Waals surface area contributed by atoms with Gasteiger partial charge in [0.15, 0.2) is 10.2 Å². The minimum atomic E-state index is -1.03. The number of hydrogen-bond acceptors (Lipinski definition) is 6. The quantitative estimate of drug-likeness (QED) is 0.808. The van der Waals surface area contributed by atoms with Crippen molar-refractivity contribution in [3.05, 3.63) is 0 Å². The van der Waals surface area contributed by atoms with Crippen LogP contribution in [-0.4, -0.2) is 55.7 Å². The van der Waals surface area contributed by atoms with Gasteiger partial charge in [0.1, 0.15) is 11.3 Å². The number of hydrogen-bond donors (Lipinski definition) is 1. The molecular formula is C12H17NO5S2. The Morgan fingerprint density at radius 1 is 1.25 bits per heavy atom. The molecule has 1 fully saturated rings. The van der Waals surface area contributed by atoms with Crippen LogP contribution in [0.4, 0.5) is 0 Å². The van der Waals surface area contributed by atoms with E-state index >= 15 is 0 Å². The highest BCUT2D eigenvalue weighted by molar-refractivity contribution is 8.17. The van der Waals surface area contributed by atoms with Gasteiger partial charge in [-0.2, -0.15) is 0 Å². The lowest BCUT2D eigenvalue weighted by Gasteiger charge is -2.25. The summed E-state index contributed by atoms with van der Waals surface area (Å²) < 4.78 is 0. The fraction of sp³-hybridized carbons (Fsp3) is 0.667. The van der Waals surface area contributed by atoms with E-state index in [0.29, 0.717) is 19.4 Å². The molecule has 1 rings (SSSR count). The van der Waals surface area contributed by atoms with E-state index in [9.17, 15) is 19.2 Å². The fourth-order valence-electron chi connectivity index (χ4n) is 2.02. The number of thioether (sulfide) groups is 2. The van der Waals surface area contributed by atoms with Crippen LogP contribution in [0, 0.1) is 0 Å². The summed E-state index contributed by atoms with van der Waals surface area (Å²) in [4.78, 5) is 47.0. The molecule has 0 aliphatic carbocycles. The molecule has 1 heterocycles. The van der Waals surface area contributed by atoms with Crippen LogP contribution in [0.5, 0.6) is 0 Å². The second kappa shape index (κ2) is 7.68. The maximum atomic E-state index is 12.4. The van der Waals surface area contributed by atoms with Gasteiger partial charge < -0.3 is 10.0 Å². The molecule has 1 saturated heterocycles. The molecule has 6 nitrogen and oxygen atoms in total. The van der Waals surface area contributed by atoms with E-state index in [0.717, 1.165) is 23.5 Å². The molecule has 0 radical (unpaired) electrons. The summed E-state index contributed by atoms with van der Waals surface area (Å²) >= 11 is 1.83. The summed E-state index contributed by atoms with van der Waals surface area (Å²) in [5, 5.41) is 8.02. The standard InChI is InChI=1S/C12H17NO5S2/c1-7(14)19-6-10(20-8(2)15)11(16)13-5-3-4-9(13)12(17)18/h9-10H,3-6H2,1-2H3,(H,17,18)/t9-,10?/m0/s1. The Labute approximate surface area is 125 Å². The first-order valence-corrected chi connectivity index (χ1v) is 8.03. The highest BCUT2D eigenvalue weighted by Gasteiger charge is 2.37. The first-order valence-electron chi connectivity index (χ1n) is 6.16. The van der Waals surface area contributed by atoms with Gasteiger partial charge in [0.2, 0.25) is 5.91 Å². The summed E-state index contributed by atoms with van der Waals surface area (Å²) in [7, 11) is 0. The third-order valence-electron chi connectivity index (χ3n) is 2.84. The maximum absolute atomic E-state index is 12.4. The lowest BCUT2D eigenvalue weighted by molar-refractivity contribution is -0.147. The van der Waals surface area contributed by atoms with Gasteiger partial charge in [-0.25, -0.2) is 4.79 Å². The molecule has 0 aromatic rings. The summed E-state index contributed by atoms with van der Waals surface area (Å²) in [6.45, 7) is 3.12. The molecule has 0 spiro atoms. The van der Waals surface area contributed by atoms with Gasteiger partial charge in [0.05, 0.1) is 0 Å². The minimum Gasteiger partial charge on any atom is -0.480 e. The van der Waals surface area contributed by atoms with E-state index in [1.54, 1.807) is 0 Å². The molecule has 1 aliphatic rings. The minimum absolute atomic E-state index is 0.136. The van der Waals surface area contributed by atoms with Crippen molar-refractivity contribution in [3.63, 3.8) is 0 Å².